The van der Waals surface area contributed by atoms with E-state index in [1.54, 1.807) is 30.3 Å². The SMILES string of the molecule is CCOc1ccc(NC(=O)NC(=O)COC(=O)CNC(=O)c2ccc(C(C)(C)C)cc2)cc1OCC. The van der Waals surface area contributed by atoms with Gasteiger partial charge in [-0.3, -0.25) is 19.7 Å². The molecule has 0 aromatic heterocycles. The number of carbonyl (C=O) groups excluding carboxylic acids is 4. The van der Waals surface area contributed by atoms with Gasteiger partial charge in [0.05, 0.1) is 13.2 Å². The van der Waals surface area contributed by atoms with E-state index >= 15 is 0 Å². The van der Waals surface area contributed by atoms with Crippen LogP contribution in [0.1, 0.15) is 50.5 Å². The Bertz CT molecular complexity index is 1080. The number of anilines is 1. The molecule has 4 amide bonds. The average Bonchev–Trinajstić information content (AvgIpc) is 2.82. The predicted molar refractivity (Wildman–Crippen MR) is 134 cm³/mol. The van der Waals surface area contributed by atoms with Crippen LogP contribution in [0.3, 0.4) is 0 Å². The predicted octanol–water partition coefficient (Wildman–Crippen LogP) is 3.40. The first kappa shape index (κ1) is 28.2. The first-order valence-corrected chi connectivity index (χ1v) is 11.6. The van der Waals surface area contributed by atoms with Gasteiger partial charge in [-0.25, -0.2) is 4.79 Å². The largest absolute Gasteiger partial charge is 0.490 e. The van der Waals surface area contributed by atoms with Crippen molar-refractivity contribution in [1.82, 2.24) is 10.6 Å². The number of amides is 4. The minimum Gasteiger partial charge on any atom is -0.490 e. The number of nitrogens with one attached hydrogen (secondary N) is 3. The Morgan fingerprint density at radius 2 is 1.50 bits per heavy atom. The molecule has 0 aliphatic heterocycles. The summed E-state index contributed by atoms with van der Waals surface area (Å²) in [6.07, 6.45) is 0. The molecule has 0 aliphatic rings. The fraction of sp³-hybridized carbons (Fsp3) is 0.385. The fourth-order valence-electron chi connectivity index (χ4n) is 3.03. The number of urea groups is 1. The summed E-state index contributed by atoms with van der Waals surface area (Å²) in [5, 5.41) is 6.99. The van der Waals surface area contributed by atoms with Crippen molar-refractivity contribution in [1.29, 1.82) is 0 Å². The van der Waals surface area contributed by atoms with E-state index in [0.29, 0.717) is 36.0 Å². The molecular weight excluding hydrogens is 466 g/mol. The lowest BCUT2D eigenvalue weighted by Gasteiger charge is -2.19. The zero-order valence-electron chi connectivity index (χ0n) is 21.2. The van der Waals surface area contributed by atoms with Crippen LogP contribution in [-0.2, 0) is 19.7 Å². The maximum atomic E-state index is 12.2. The minimum absolute atomic E-state index is 0.0447. The monoisotopic (exact) mass is 499 g/mol. The highest BCUT2D eigenvalue weighted by molar-refractivity contribution is 6.02. The number of ether oxygens (including phenoxy) is 3. The molecule has 2 aromatic rings. The highest BCUT2D eigenvalue weighted by Gasteiger charge is 2.16. The number of hydrogen-bond donors (Lipinski definition) is 3. The van der Waals surface area contributed by atoms with Crippen LogP contribution >= 0.6 is 0 Å². The van der Waals surface area contributed by atoms with E-state index in [1.165, 1.54) is 0 Å². The summed E-state index contributed by atoms with van der Waals surface area (Å²) in [6.45, 7) is 9.61. The van der Waals surface area contributed by atoms with E-state index in [2.05, 4.69) is 36.7 Å². The minimum atomic E-state index is -0.832. The van der Waals surface area contributed by atoms with E-state index in [-0.39, 0.29) is 5.41 Å². The molecule has 0 heterocycles. The van der Waals surface area contributed by atoms with E-state index in [4.69, 9.17) is 14.2 Å². The van der Waals surface area contributed by atoms with Crippen molar-refractivity contribution >= 4 is 29.5 Å². The quantitative estimate of drug-likeness (QED) is 0.427. The van der Waals surface area contributed by atoms with Gasteiger partial charge >= 0.3 is 12.0 Å². The Kier molecular flexibility index (Phi) is 10.3. The molecule has 2 aromatic carbocycles. The van der Waals surface area contributed by atoms with Crippen LogP contribution in [0.25, 0.3) is 0 Å². The summed E-state index contributed by atoms with van der Waals surface area (Å²) < 4.78 is 15.8. The Morgan fingerprint density at radius 3 is 2.11 bits per heavy atom. The van der Waals surface area contributed by atoms with Gasteiger partial charge in [0.2, 0.25) is 0 Å². The lowest BCUT2D eigenvalue weighted by atomic mass is 9.87. The number of hydrogen-bond acceptors (Lipinski definition) is 7. The summed E-state index contributed by atoms with van der Waals surface area (Å²) in [7, 11) is 0. The molecule has 3 N–H and O–H groups in total. The Morgan fingerprint density at radius 1 is 0.861 bits per heavy atom. The van der Waals surface area contributed by atoms with E-state index in [9.17, 15) is 19.2 Å². The molecule has 0 saturated heterocycles. The van der Waals surface area contributed by atoms with Crippen molar-refractivity contribution in [3.8, 4) is 11.5 Å². The van der Waals surface area contributed by atoms with E-state index in [1.807, 2.05) is 26.0 Å². The van der Waals surface area contributed by atoms with Crippen LogP contribution in [0, 0.1) is 0 Å². The smallest absolute Gasteiger partial charge is 0.325 e. The molecule has 0 bridgehead atoms. The van der Waals surface area contributed by atoms with Crippen molar-refractivity contribution in [2.24, 2.45) is 0 Å². The molecular formula is C26H33N3O7. The van der Waals surface area contributed by atoms with Crippen LogP contribution in [0.4, 0.5) is 10.5 Å². The molecule has 10 nitrogen and oxygen atoms in total. The molecule has 2 rings (SSSR count). The van der Waals surface area contributed by atoms with Crippen LogP contribution < -0.4 is 25.4 Å². The summed E-state index contributed by atoms with van der Waals surface area (Å²) in [4.78, 5) is 48.1. The van der Waals surface area contributed by atoms with Gasteiger partial charge in [-0.05, 0) is 49.1 Å². The summed E-state index contributed by atoms with van der Waals surface area (Å²) in [5.74, 6) is -1.12. The zero-order valence-corrected chi connectivity index (χ0v) is 21.2. The number of rotatable bonds is 10. The zero-order chi connectivity index (χ0) is 26.7. The molecule has 0 fully saturated rings. The van der Waals surface area contributed by atoms with Crippen LogP contribution in [0.5, 0.6) is 11.5 Å². The van der Waals surface area contributed by atoms with Gasteiger partial charge in [0, 0.05) is 17.3 Å². The molecule has 0 unspecified atom stereocenters. The molecule has 0 spiro atoms. The standard InChI is InChI=1S/C26H33N3O7/c1-6-34-20-13-12-19(14-21(20)35-7-2)28-25(33)29-22(30)16-36-23(31)15-27-24(32)17-8-10-18(11-9-17)26(3,4)5/h8-14H,6-7,15-16H2,1-5H3,(H,27,32)(H2,28,29,30,33). The average molecular weight is 500 g/mol. The number of carbonyl (C=O) groups is 4. The van der Waals surface area contributed by atoms with Gasteiger partial charge in [-0.1, -0.05) is 32.9 Å². The lowest BCUT2D eigenvalue weighted by Crippen LogP contribution is -2.38. The lowest BCUT2D eigenvalue weighted by molar-refractivity contribution is -0.147. The second-order valence-electron chi connectivity index (χ2n) is 8.70. The molecule has 0 aliphatic carbocycles. The fourth-order valence-corrected chi connectivity index (χ4v) is 3.03. The van der Waals surface area contributed by atoms with Gasteiger partial charge in [0.25, 0.3) is 11.8 Å². The van der Waals surface area contributed by atoms with Gasteiger partial charge in [0.15, 0.2) is 18.1 Å². The van der Waals surface area contributed by atoms with Gasteiger partial charge in [-0.2, -0.15) is 0 Å². The van der Waals surface area contributed by atoms with Gasteiger partial charge < -0.3 is 24.8 Å². The van der Waals surface area contributed by atoms with Crippen molar-refractivity contribution in [2.75, 3.05) is 31.7 Å². The summed E-state index contributed by atoms with van der Waals surface area (Å²) in [5.41, 5.74) is 1.80. The number of esters is 1. The summed E-state index contributed by atoms with van der Waals surface area (Å²) >= 11 is 0. The van der Waals surface area contributed by atoms with Crippen molar-refractivity contribution < 1.29 is 33.4 Å². The number of benzene rings is 2. The second kappa shape index (κ2) is 13.1. The molecule has 0 atom stereocenters. The van der Waals surface area contributed by atoms with Crippen LogP contribution in [-0.4, -0.2) is 50.2 Å². The molecule has 194 valence electrons. The third-order valence-electron chi connectivity index (χ3n) is 4.82. The Balaban J connectivity index is 1.76. The maximum Gasteiger partial charge on any atom is 0.325 e. The van der Waals surface area contributed by atoms with Gasteiger partial charge in [0.1, 0.15) is 6.54 Å². The number of imide groups is 1. The van der Waals surface area contributed by atoms with Crippen molar-refractivity contribution in [3.63, 3.8) is 0 Å². The molecule has 10 heteroatoms. The third kappa shape index (κ3) is 8.94. The van der Waals surface area contributed by atoms with Crippen LogP contribution in [0.15, 0.2) is 42.5 Å². The van der Waals surface area contributed by atoms with Crippen LogP contribution in [0.2, 0.25) is 0 Å². The summed E-state index contributed by atoms with van der Waals surface area (Å²) in [6, 6.07) is 11.1. The van der Waals surface area contributed by atoms with Gasteiger partial charge in [-0.15, -0.1) is 0 Å². The highest BCUT2D eigenvalue weighted by Crippen LogP contribution is 2.30. The van der Waals surface area contributed by atoms with Crippen molar-refractivity contribution in [2.45, 2.75) is 40.0 Å². The molecule has 0 radical (unpaired) electrons. The van der Waals surface area contributed by atoms with E-state index < -0.39 is 37.0 Å². The maximum absolute atomic E-state index is 12.2. The molecule has 36 heavy (non-hydrogen) atoms. The Labute approximate surface area is 210 Å². The topological polar surface area (TPSA) is 132 Å². The highest BCUT2D eigenvalue weighted by atomic mass is 16.5. The third-order valence-corrected chi connectivity index (χ3v) is 4.82. The second-order valence-corrected chi connectivity index (χ2v) is 8.70. The Hall–Kier alpha value is -4.08. The normalized spacial score (nSPS) is 10.7. The first-order valence-electron chi connectivity index (χ1n) is 11.6. The van der Waals surface area contributed by atoms with E-state index in [0.717, 1.165) is 5.56 Å². The van der Waals surface area contributed by atoms with Crippen molar-refractivity contribution in [3.05, 3.63) is 53.6 Å². The first-order chi connectivity index (χ1) is 17.0. The molecule has 0 saturated carbocycles.